The van der Waals surface area contributed by atoms with Crippen molar-refractivity contribution < 1.29 is 29.0 Å². The topological polar surface area (TPSA) is 113 Å². The molecule has 1 saturated heterocycles. The Labute approximate surface area is 154 Å². The van der Waals surface area contributed by atoms with E-state index in [2.05, 4.69) is 5.32 Å². The predicted octanol–water partition coefficient (Wildman–Crippen LogP) is 0.833. The molecule has 2 N–H and O–H groups in total. The summed E-state index contributed by atoms with van der Waals surface area (Å²) in [5.74, 6) is -2.65. The first kappa shape index (κ1) is 22.1. The molecule has 1 rings (SSSR count). The number of amides is 1. The van der Waals surface area contributed by atoms with Crippen LogP contribution in [0.25, 0.3) is 0 Å². The quantitative estimate of drug-likeness (QED) is 0.481. The molecular weight excluding hydrogens is 340 g/mol. The molecule has 148 valence electrons. The number of rotatable bonds is 8. The van der Waals surface area contributed by atoms with Gasteiger partial charge in [0.25, 0.3) is 0 Å². The number of aldehydes is 1. The van der Waals surface area contributed by atoms with E-state index >= 15 is 0 Å². The highest BCUT2D eigenvalue weighted by Crippen LogP contribution is 2.32. The van der Waals surface area contributed by atoms with Crippen molar-refractivity contribution in [1.29, 1.82) is 0 Å². The van der Waals surface area contributed by atoms with E-state index in [1.54, 1.807) is 25.7 Å². The lowest BCUT2D eigenvalue weighted by Crippen LogP contribution is -2.50. The van der Waals surface area contributed by atoms with E-state index in [1.807, 2.05) is 6.92 Å². The van der Waals surface area contributed by atoms with Crippen LogP contribution in [-0.4, -0.2) is 64.9 Å². The number of nitrogens with one attached hydrogen (secondary N) is 1. The van der Waals surface area contributed by atoms with Gasteiger partial charge in [-0.15, -0.1) is 0 Å². The van der Waals surface area contributed by atoms with Gasteiger partial charge in [-0.05, 0) is 33.1 Å². The van der Waals surface area contributed by atoms with Gasteiger partial charge in [-0.1, -0.05) is 13.3 Å². The second kappa shape index (κ2) is 9.12. The minimum Gasteiger partial charge on any atom is -0.480 e. The van der Waals surface area contributed by atoms with Crippen LogP contribution in [0.5, 0.6) is 0 Å². The Morgan fingerprint density at radius 3 is 2.38 bits per heavy atom. The van der Waals surface area contributed by atoms with Crippen LogP contribution < -0.4 is 5.32 Å². The van der Waals surface area contributed by atoms with Gasteiger partial charge in [0.15, 0.2) is 0 Å². The van der Waals surface area contributed by atoms with E-state index in [0.717, 1.165) is 0 Å². The summed E-state index contributed by atoms with van der Waals surface area (Å²) in [6, 6.07) is -1.87. The average Bonchev–Trinajstić information content (AvgIpc) is 2.88. The largest absolute Gasteiger partial charge is 0.480 e. The molecule has 0 aromatic carbocycles. The molecule has 8 heteroatoms. The summed E-state index contributed by atoms with van der Waals surface area (Å²) < 4.78 is 5.43. The van der Waals surface area contributed by atoms with Crippen molar-refractivity contribution in [2.75, 3.05) is 13.1 Å². The van der Waals surface area contributed by atoms with Crippen molar-refractivity contribution >= 4 is 24.1 Å². The first-order valence-electron chi connectivity index (χ1n) is 8.91. The maximum Gasteiger partial charge on any atom is 0.323 e. The third-order valence-electron chi connectivity index (χ3n) is 4.45. The maximum atomic E-state index is 12.6. The average molecular weight is 370 g/mol. The van der Waals surface area contributed by atoms with Crippen LogP contribution in [0.4, 0.5) is 0 Å². The molecular formula is C18H30N2O6. The Hall–Kier alpha value is -1.96. The number of aliphatic carboxylic acids is 1. The number of carbonyl (C=O) groups excluding carboxylic acids is 3. The molecule has 1 aliphatic rings. The summed E-state index contributed by atoms with van der Waals surface area (Å²) >= 11 is 0. The molecule has 8 nitrogen and oxygen atoms in total. The van der Waals surface area contributed by atoms with E-state index in [9.17, 15) is 24.3 Å². The monoisotopic (exact) mass is 370 g/mol. The summed E-state index contributed by atoms with van der Waals surface area (Å²) in [5, 5.41) is 12.3. The van der Waals surface area contributed by atoms with Crippen LogP contribution in [0, 0.1) is 11.8 Å². The van der Waals surface area contributed by atoms with Crippen LogP contribution >= 0.6 is 0 Å². The minimum atomic E-state index is -1.14. The smallest absolute Gasteiger partial charge is 0.323 e. The van der Waals surface area contributed by atoms with Crippen molar-refractivity contribution in [2.24, 2.45) is 11.8 Å². The highest BCUT2D eigenvalue weighted by Gasteiger charge is 2.49. The number of ether oxygens (including phenoxy) is 1. The first-order valence-corrected chi connectivity index (χ1v) is 8.91. The number of carboxylic acids is 1. The van der Waals surface area contributed by atoms with Crippen molar-refractivity contribution in [1.82, 2.24) is 10.2 Å². The molecule has 4 unspecified atom stereocenters. The fraction of sp³-hybridized carbons (Fsp3) is 0.778. The molecule has 0 aromatic heterocycles. The fourth-order valence-electron chi connectivity index (χ4n) is 3.18. The molecule has 1 aliphatic heterocycles. The molecule has 1 heterocycles. The standard InChI is InChI=1S/C18H30N2O6/c1-6-12(8-19-11(2)22)9-20-14(17(25)26-18(3,4)5)7-13(10-21)15(20)16(23)24/h10,12-15H,6-9H2,1-5H3,(H,19,22)(H,23,24). The lowest BCUT2D eigenvalue weighted by molar-refractivity contribution is -0.162. The zero-order chi connectivity index (χ0) is 20.1. The number of nitrogens with zero attached hydrogens (tertiary/aromatic N) is 1. The third-order valence-corrected chi connectivity index (χ3v) is 4.45. The highest BCUT2D eigenvalue weighted by molar-refractivity contribution is 5.84. The molecule has 0 bridgehead atoms. The van der Waals surface area contributed by atoms with Crippen LogP contribution in [-0.2, 0) is 23.9 Å². The number of carboxylic acid groups (broad SMARTS) is 1. The van der Waals surface area contributed by atoms with Gasteiger partial charge in [0.2, 0.25) is 5.91 Å². The molecule has 0 spiro atoms. The Morgan fingerprint density at radius 2 is 1.96 bits per heavy atom. The molecule has 4 atom stereocenters. The van der Waals surface area contributed by atoms with Gasteiger partial charge < -0.3 is 20.0 Å². The van der Waals surface area contributed by atoms with Crippen LogP contribution in [0.1, 0.15) is 47.5 Å². The molecule has 0 aliphatic carbocycles. The fourth-order valence-corrected chi connectivity index (χ4v) is 3.18. The van der Waals surface area contributed by atoms with Gasteiger partial charge in [-0.3, -0.25) is 19.3 Å². The Bertz CT molecular complexity index is 542. The Balaban J connectivity index is 3.05. The van der Waals surface area contributed by atoms with E-state index in [1.165, 1.54) is 6.92 Å². The molecule has 0 radical (unpaired) electrons. The number of hydrogen-bond acceptors (Lipinski definition) is 6. The van der Waals surface area contributed by atoms with E-state index in [-0.39, 0.29) is 24.8 Å². The van der Waals surface area contributed by atoms with Crippen molar-refractivity contribution in [3.63, 3.8) is 0 Å². The van der Waals surface area contributed by atoms with Crippen LogP contribution in [0.2, 0.25) is 0 Å². The summed E-state index contributed by atoms with van der Waals surface area (Å²) in [6.45, 7) is 9.21. The van der Waals surface area contributed by atoms with Gasteiger partial charge in [-0.2, -0.15) is 0 Å². The SMILES string of the molecule is CCC(CNC(C)=O)CN1C(C(=O)OC(C)(C)C)CC(C=O)C1C(=O)O. The number of esters is 1. The lowest BCUT2D eigenvalue weighted by Gasteiger charge is -2.32. The van der Waals surface area contributed by atoms with E-state index < -0.39 is 35.5 Å². The maximum absolute atomic E-state index is 12.6. The second-order valence-electron chi connectivity index (χ2n) is 7.78. The second-order valence-corrected chi connectivity index (χ2v) is 7.78. The molecule has 1 amide bonds. The lowest BCUT2D eigenvalue weighted by atomic mass is 10.0. The Kier molecular flexibility index (Phi) is 7.74. The summed E-state index contributed by atoms with van der Waals surface area (Å²) in [7, 11) is 0. The number of carbonyl (C=O) groups is 4. The minimum absolute atomic E-state index is 0.0453. The molecule has 26 heavy (non-hydrogen) atoms. The van der Waals surface area contributed by atoms with Crippen molar-refractivity contribution in [2.45, 2.75) is 65.1 Å². The van der Waals surface area contributed by atoms with E-state index in [0.29, 0.717) is 19.3 Å². The van der Waals surface area contributed by atoms with Gasteiger partial charge in [-0.25, -0.2) is 0 Å². The normalized spacial score (nSPS) is 24.7. The zero-order valence-electron chi connectivity index (χ0n) is 16.2. The predicted molar refractivity (Wildman–Crippen MR) is 94.4 cm³/mol. The van der Waals surface area contributed by atoms with Crippen molar-refractivity contribution in [3.8, 4) is 0 Å². The number of hydrogen-bond donors (Lipinski definition) is 2. The zero-order valence-corrected chi connectivity index (χ0v) is 16.2. The van der Waals surface area contributed by atoms with Gasteiger partial charge in [0, 0.05) is 25.9 Å². The first-order chi connectivity index (χ1) is 12.0. The summed E-state index contributed by atoms with van der Waals surface area (Å²) in [4.78, 5) is 48.4. The molecule has 0 saturated carbocycles. The number of likely N-dealkylation sites (tertiary alicyclic amines) is 1. The van der Waals surface area contributed by atoms with Gasteiger partial charge in [0.1, 0.15) is 24.0 Å². The summed E-state index contributed by atoms with van der Waals surface area (Å²) in [5.41, 5.74) is -0.707. The van der Waals surface area contributed by atoms with Crippen LogP contribution in [0.3, 0.4) is 0 Å². The van der Waals surface area contributed by atoms with Gasteiger partial charge >= 0.3 is 11.9 Å². The van der Waals surface area contributed by atoms with E-state index in [4.69, 9.17) is 4.74 Å². The molecule has 1 fully saturated rings. The van der Waals surface area contributed by atoms with Crippen LogP contribution in [0.15, 0.2) is 0 Å². The third kappa shape index (κ3) is 6.09. The molecule has 0 aromatic rings. The highest BCUT2D eigenvalue weighted by atomic mass is 16.6. The Morgan fingerprint density at radius 1 is 1.35 bits per heavy atom. The van der Waals surface area contributed by atoms with Gasteiger partial charge in [0.05, 0.1) is 0 Å². The van der Waals surface area contributed by atoms with Crippen molar-refractivity contribution in [3.05, 3.63) is 0 Å². The summed E-state index contributed by atoms with van der Waals surface area (Å²) in [6.07, 6.45) is 1.41.